The molecule has 0 aromatic heterocycles. The fraction of sp³-hybridized carbons (Fsp3) is 0.357. The number of benzene rings is 1. The highest BCUT2D eigenvalue weighted by atomic mass is 32.2. The fourth-order valence-corrected chi connectivity index (χ4v) is 3.18. The fourth-order valence-electron chi connectivity index (χ4n) is 1.77. The number of nitrogens with two attached hydrogens (primary N) is 1. The molecule has 0 radical (unpaired) electrons. The number of rotatable bonds is 6. The van der Waals surface area contributed by atoms with Crippen LogP contribution in [0.15, 0.2) is 23.1 Å². The number of carbonyl (C=O) groups is 3. The highest BCUT2D eigenvalue weighted by molar-refractivity contribution is 7.89. The largest absolute Gasteiger partial charge is 0.465 e. The average Bonchev–Trinajstić information content (AvgIpc) is 2.58. The van der Waals surface area contributed by atoms with Crippen LogP contribution in [0.2, 0.25) is 0 Å². The second-order valence-electron chi connectivity index (χ2n) is 4.83. The summed E-state index contributed by atoms with van der Waals surface area (Å²) >= 11 is 0. The van der Waals surface area contributed by atoms with Gasteiger partial charge in [-0.15, -0.1) is 0 Å². The molecule has 0 spiro atoms. The molecule has 1 rings (SSSR count). The second kappa shape index (κ2) is 7.41. The number of likely N-dealkylation sites (N-methyl/N-ethyl adjacent to an activating group) is 1. The van der Waals surface area contributed by atoms with Gasteiger partial charge in [0.05, 0.1) is 30.2 Å². The lowest BCUT2D eigenvalue weighted by atomic mass is 10.1. The van der Waals surface area contributed by atoms with Crippen LogP contribution in [0.25, 0.3) is 0 Å². The van der Waals surface area contributed by atoms with Gasteiger partial charge < -0.3 is 15.2 Å². The van der Waals surface area contributed by atoms with Gasteiger partial charge in [0.25, 0.3) is 0 Å². The molecule has 0 saturated heterocycles. The van der Waals surface area contributed by atoms with E-state index in [4.69, 9.17) is 5.73 Å². The van der Waals surface area contributed by atoms with E-state index in [9.17, 15) is 22.8 Å². The van der Waals surface area contributed by atoms with Crippen molar-refractivity contribution in [3.8, 4) is 0 Å². The minimum Gasteiger partial charge on any atom is -0.465 e. The van der Waals surface area contributed by atoms with Gasteiger partial charge in [-0.2, -0.15) is 4.31 Å². The molecule has 0 saturated carbocycles. The molecule has 132 valence electrons. The summed E-state index contributed by atoms with van der Waals surface area (Å²) in [7, 11) is -0.807. The summed E-state index contributed by atoms with van der Waals surface area (Å²) in [6.07, 6.45) is 0. The Labute approximate surface area is 139 Å². The van der Waals surface area contributed by atoms with Crippen molar-refractivity contribution in [1.82, 2.24) is 4.31 Å². The molecule has 9 nitrogen and oxygen atoms in total. The lowest BCUT2D eigenvalue weighted by Crippen LogP contribution is -2.43. The van der Waals surface area contributed by atoms with E-state index in [1.54, 1.807) is 0 Å². The molecule has 1 aromatic rings. The maximum Gasteiger partial charge on any atom is 0.337 e. The van der Waals surface area contributed by atoms with Crippen molar-refractivity contribution in [3.05, 3.63) is 29.3 Å². The van der Waals surface area contributed by atoms with Crippen LogP contribution < -0.4 is 5.73 Å². The van der Waals surface area contributed by atoms with Crippen molar-refractivity contribution in [2.24, 2.45) is 5.73 Å². The van der Waals surface area contributed by atoms with Crippen LogP contribution in [-0.2, 0) is 24.3 Å². The third-order valence-electron chi connectivity index (χ3n) is 3.38. The van der Waals surface area contributed by atoms with Crippen LogP contribution in [0.4, 0.5) is 0 Å². The van der Waals surface area contributed by atoms with Gasteiger partial charge >= 0.3 is 11.9 Å². The molecule has 2 N–H and O–H groups in total. The molecule has 24 heavy (non-hydrogen) atoms. The zero-order chi connectivity index (χ0) is 18.7. The first kappa shape index (κ1) is 19.6. The minimum absolute atomic E-state index is 0.154. The number of hydrogen-bond acceptors (Lipinski definition) is 7. The molecular formula is C14H18N2O7S. The van der Waals surface area contributed by atoms with Crippen LogP contribution in [-0.4, -0.2) is 57.9 Å². The Kier molecular flexibility index (Phi) is 6.04. The van der Waals surface area contributed by atoms with Gasteiger partial charge in [-0.05, 0) is 25.1 Å². The average molecular weight is 358 g/mol. The van der Waals surface area contributed by atoms with Gasteiger partial charge in [0, 0.05) is 7.05 Å². The summed E-state index contributed by atoms with van der Waals surface area (Å²) in [5, 5.41) is 0. The van der Waals surface area contributed by atoms with E-state index in [0.29, 0.717) is 0 Å². The van der Waals surface area contributed by atoms with Gasteiger partial charge in [0.15, 0.2) is 0 Å². The number of methoxy groups -OCH3 is 2. The third-order valence-corrected chi connectivity index (χ3v) is 5.29. The molecule has 0 heterocycles. The summed E-state index contributed by atoms with van der Waals surface area (Å²) in [5.74, 6) is -2.51. The highest BCUT2D eigenvalue weighted by Crippen LogP contribution is 2.21. The lowest BCUT2D eigenvalue weighted by molar-refractivity contribution is -0.120. The molecule has 0 fully saturated rings. The van der Waals surface area contributed by atoms with Crippen LogP contribution >= 0.6 is 0 Å². The van der Waals surface area contributed by atoms with Crippen LogP contribution in [0, 0.1) is 0 Å². The third kappa shape index (κ3) is 3.89. The number of sulfonamides is 1. The van der Waals surface area contributed by atoms with Crippen molar-refractivity contribution in [3.63, 3.8) is 0 Å². The number of nitrogens with zero attached hydrogens (tertiary/aromatic N) is 1. The Hall–Kier alpha value is -2.46. The molecule has 0 aliphatic heterocycles. The van der Waals surface area contributed by atoms with E-state index >= 15 is 0 Å². The second-order valence-corrected chi connectivity index (χ2v) is 6.83. The van der Waals surface area contributed by atoms with E-state index in [1.165, 1.54) is 6.92 Å². The normalized spacial score (nSPS) is 12.5. The molecule has 1 atom stereocenters. The summed E-state index contributed by atoms with van der Waals surface area (Å²) in [6.45, 7) is 1.31. The van der Waals surface area contributed by atoms with Crippen molar-refractivity contribution >= 4 is 27.9 Å². The van der Waals surface area contributed by atoms with E-state index in [0.717, 1.165) is 43.8 Å². The Bertz CT molecular complexity index is 739. The van der Waals surface area contributed by atoms with Crippen molar-refractivity contribution in [1.29, 1.82) is 0 Å². The van der Waals surface area contributed by atoms with Crippen LogP contribution in [0.1, 0.15) is 27.6 Å². The van der Waals surface area contributed by atoms with Crippen molar-refractivity contribution in [2.45, 2.75) is 17.9 Å². The first-order chi connectivity index (χ1) is 11.1. The van der Waals surface area contributed by atoms with E-state index in [2.05, 4.69) is 9.47 Å². The quantitative estimate of drug-likeness (QED) is 0.693. The first-order valence-electron chi connectivity index (χ1n) is 6.65. The molecule has 10 heteroatoms. The monoisotopic (exact) mass is 358 g/mol. The molecule has 0 aliphatic rings. The van der Waals surface area contributed by atoms with Gasteiger partial charge in [0.1, 0.15) is 6.04 Å². The molecule has 1 aromatic carbocycles. The number of primary amides is 1. The maximum atomic E-state index is 12.6. The Balaban J connectivity index is 3.53. The Morgan fingerprint density at radius 2 is 1.46 bits per heavy atom. The molecule has 0 unspecified atom stereocenters. The molecule has 1 amide bonds. The van der Waals surface area contributed by atoms with Crippen molar-refractivity contribution < 1.29 is 32.3 Å². The van der Waals surface area contributed by atoms with Crippen LogP contribution in [0.5, 0.6) is 0 Å². The zero-order valence-corrected chi connectivity index (χ0v) is 14.4. The lowest BCUT2D eigenvalue weighted by Gasteiger charge is -2.22. The summed E-state index contributed by atoms with van der Waals surface area (Å²) in [6, 6.07) is 2.10. The van der Waals surface area contributed by atoms with Gasteiger partial charge in [-0.25, -0.2) is 18.0 Å². The minimum atomic E-state index is -4.19. The number of carbonyl (C=O) groups excluding carboxylic acids is 3. The molecule has 0 bridgehead atoms. The van der Waals surface area contributed by atoms with Gasteiger partial charge in [0.2, 0.25) is 15.9 Å². The molecular weight excluding hydrogens is 340 g/mol. The predicted octanol–water partition coefficient (Wildman–Crippen LogP) is -0.246. The summed E-state index contributed by atoms with van der Waals surface area (Å²) < 4.78 is 35.1. The predicted molar refractivity (Wildman–Crippen MR) is 82.7 cm³/mol. The number of hydrogen-bond donors (Lipinski definition) is 1. The van der Waals surface area contributed by atoms with Crippen molar-refractivity contribution in [2.75, 3.05) is 21.3 Å². The standard InChI is InChI=1S/C14H18N2O7S/c1-8(12(15)17)16(2)24(20,21)11-6-9(13(18)22-3)5-10(7-11)14(19)23-4/h5-8H,1-4H3,(H2,15,17)/t8-/m1/s1. The smallest absolute Gasteiger partial charge is 0.337 e. The van der Waals surface area contributed by atoms with E-state index in [1.807, 2.05) is 0 Å². The first-order valence-corrected chi connectivity index (χ1v) is 8.09. The number of esters is 2. The summed E-state index contributed by atoms with van der Waals surface area (Å²) in [4.78, 5) is 34.3. The number of ether oxygens (including phenoxy) is 2. The van der Waals surface area contributed by atoms with Gasteiger partial charge in [-0.1, -0.05) is 0 Å². The molecule has 0 aliphatic carbocycles. The maximum absolute atomic E-state index is 12.6. The Morgan fingerprint density at radius 1 is 1.04 bits per heavy atom. The zero-order valence-electron chi connectivity index (χ0n) is 13.6. The topological polar surface area (TPSA) is 133 Å². The number of amides is 1. The van der Waals surface area contributed by atoms with E-state index in [-0.39, 0.29) is 16.0 Å². The van der Waals surface area contributed by atoms with Gasteiger partial charge in [-0.3, -0.25) is 4.79 Å². The highest BCUT2D eigenvalue weighted by Gasteiger charge is 2.30. The van der Waals surface area contributed by atoms with Crippen LogP contribution in [0.3, 0.4) is 0 Å². The Morgan fingerprint density at radius 3 is 1.79 bits per heavy atom. The summed E-state index contributed by atoms with van der Waals surface area (Å²) in [5.41, 5.74) is 4.81. The SMILES string of the molecule is COC(=O)c1cc(C(=O)OC)cc(S(=O)(=O)N(C)[C@H](C)C(N)=O)c1. The van der Waals surface area contributed by atoms with E-state index < -0.39 is 33.9 Å².